The lowest BCUT2D eigenvalue weighted by Crippen LogP contribution is -2.34. The van der Waals surface area contributed by atoms with Gasteiger partial charge in [0, 0.05) is 46.5 Å². The zero-order valence-corrected chi connectivity index (χ0v) is 31.8. The molecule has 0 aliphatic heterocycles. The van der Waals surface area contributed by atoms with Crippen LogP contribution in [0.2, 0.25) is 0 Å². The average Bonchev–Trinajstić information content (AvgIpc) is 3.14. The molecule has 3 amide bonds. The number of amides is 3. The van der Waals surface area contributed by atoms with E-state index < -0.39 is 47.9 Å². The van der Waals surface area contributed by atoms with Crippen LogP contribution in [-0.4, -0.2) is 48.8 Å². The van der Waals surface area contributed by atoms with Crippen LogP contribution < -0.4 is 20.9 Å². The van der Waals surface area contributed by atoms with E-state index in [2.05, 4.69) is 0 Å². The molecule has 0 aliphatic carbocycles. The summed E-state index contributed by atoms with van der Waals surface area (Å²) in [7, 11) is 0. The lowest BCUT2D eigenvalue weighted by molar-refractivity contribution is -0.131. The van der Waals surface area contributed by atoms with Gasteiger partial charge in [0.1, 0.15) is 23.3 Å². The highest BCUT2D eigenvalue weighted by Crippen LogP contribution is 2.24. The molecule has 3 N–H and O–H groups in total. The second-order valence-electron chi connectivity index (χ2n) is 13.8. The maximum atomic E-state index is 14.6. The first-order valence-electron chi connectivity index (χ1n) is 17.9. The van der Waals surface area contributed by atoms with Gasteiger partial charge in [-0.05, 0) is 60.4 Å². The summed E-state index contributed by atoms with van der Waals surface area (Å²) in [5.74, 6) is -5.58. The second-order valence-corrected chi connectivity index (χ2v) is 13.8. The maximum Gasteiger partial charge on any atom is 0.315 e. The predicted molar refractivity (Wildman–Crippen MR) is 204 cm³/mol. The van der Waals surface area contributed by atoms with Crippen molar-refractivity contribution in [1.29, 1.82) is 0 Å². The molecule has 0 radical (unpaired) electrons. The van der Waals surface area contributed by atoms with E-state index in [0.717, 1.165) is 12.1 Å². The highest BCUT2D eigenvalue weighted by Gasteiger charge is 2.22. The monoisotopic (exact) mass is 798 g/mol. The number of halogens is 6. The zero-order valence-electron chi connectivity index (χ0n) is 31.8. The Bertz CT molecular complexity index is 2060. The van der Waals surface area contributed by atoms with E-state index in [-0.39, 0.29) is 89.9 Å². The van der Waals surface area contributed by atoms with Gasteiger partial charge >= 0.3 is 6.43 Å². The third-order valence-corrected chi connectivity index (χ3v) is 8.22. The van der Waals surface area contributed by atoms with Crippen molar-refractivity contribution in [2.45, 2.75) is 60.1 Å². The number of hydrogen-bond acceptors (Lipinski definition) is 6. The fourth-order valence-corrected chi connectivity index (χ4v) is 5.36. The predicted octanol–water partition coefficient (Wildman–Crippen LogP) is 7.79. The average molecular weight is 799 g/mol. The van der Waals surface area contributed by atoms with Crippen LogP contribution in [0.4, 0.5) is 37.7 Å². The number of alkyl halides is 2. The minimum atomic E-state index is -3.26. The minimum absolute atomic E-state index is 0.0249. The van der Waals surface area contributed by atoms with Crippen LogP contribution >= 0.6 is 0 Å². The van der Waals surface area contributed by atoms with Gasteiger partial charge in [0.15, 0.2) is 11.6 Å². The Labute approximate surface area is 326 Å². The van der Waals surface area contributed by atoms with Crippen LogP contribution in [0, 0.1) is 35.1 Å². The Morgan fingerprint density at radius 2 is 1.04 bits per heavy atom. The highest BCUT2D eigenvalue weighted by molar-refractivity contribution is 6.00. The van der Waals surface area contributed by atoms with Gasteiger partial charge in [-0.2, -0.15) is 8.78 Å². The van der Waals surface area contributed by atoms with Crippen LogP contribution in [0.15, 0.2) is 84.9 Å². The summed E-state index contributed by atoms with van der Waals surface area (Å²) in [5, 5.41) is 1.76. The van der Waals surface area contributed by atoms with E-state index in [1.807, 2.05) is 27.7 Å². The number of Topliss-reactive ketones (excluding diaryl/α,β-unsaturated/α-hetero) is 2. The summed E-state index contributed by atoms with van der Waals surface area (Å²) < 4.78 is 80.7. The molecule has 57 heavy (non-hydrogen) atoms. The number of nitrogens with zero attached hydrogens (tertiary/aromatic N) is 2. The summed E-state index contributed by atoms with van der Waals surface area (Å²) >= 11 is 0. The van der Waals surface area contributed by atoms with Gasteiger partial charge < -0.3 is 20.9 Å². The van der Waals surface area contributed by atoms with Crippen LogP contribution in [0.5, 0.6) is 0 Å². The molecule has 0 saturated carbocycles. The quantitative estimate of drug-likeness (QED) is 0.0880. The lowest BCUT2D eigenvalue weighted by atomic mass is 10.1. The minimum Gasteiger partial charge on any atom is -0.344 e. The third kappa shape index (κ3) is 14.0. The largest absolute Gasteiger partial charge is 0.344 e. The van der Waals surface area contributed by atoms with Crippen LogP contribution in [0.3, 0.4) is 0 Å². The smallest absolute Gasteiger partial charge is 0.315 e. The van der Waals surface area contributed by atoms with Crippen molar-refractivity contribution in [2.75, 3.05) is 22.9 Å². The van der Waals surface area contributed by atoms with Gasteiger partial charge in [0.05, 0.1) is 26.2 Å². The standard InChI is InChI=1S/C22H22F4N2O3.C20H22F2N2O2/c1-13(2)8-20(30)28(17-5-3-4-16(23)10-17)12-15-7-6-14(9-18(15)24)19(29)11-27-22(31)21(25)26;1-13(2)8-20(26)24(17-5-3-4-16(21)10-17)12-15-7-6-14(9-18(15)22)19(25)11-23/h3-7,9-10,13,21H,8,11-12H2,1-2H3,(H,27,31);3-7,9-10,13H,8,11-12,23H2,1-2H3. The molecule has 4 aromatic carbocycles. The fraction of sp³-hybridized carbons (Fsp3) is 0.310. The summed E-state index contributed by atoms with van der Waals surface area (Å²) in [6.07, 6.45) is -2.84. The van der Waals surface area contributed by atoms with E-state index >= 15 is 0 Å². The number of carbonyl (C=O) groups is 5. The zero-order chi connectivity index (χ0) is 42.4. The van der Waals surface area contributed by atoms with Crippen molar-refractivity contribution in [2.24, 2.45) is 17.6 Å². The topological polar surface area (TPSA) is 130 Å². The lowest BCUT2D eigenvalue weighted by Gasteiger charge is -2.24. The molecule has 304 valence electrons. The summed E-state index contributed by atoms with van der Waals surface area (Å²) in [6.45, 7) is 6.32. The van der Waals surface area contributed by atoms with Crippen molar-refractivity contribution in [3.8, 4) is 0 Å². The van der Waals surface area contributed by atoms with E-state index in [4.69, 9.17) is 5.73 Å². The molecule has 15 heteroatoms. The van der Waals surface area contributed by atoms with Crippen LogP contribution in [-0.2, 0) is 27.5 Å². The van der Waals surface area contributed by atoms with Gasteiger partial charge in [-0.1, -0.05) is 64.1 Å². The maximum absolute atomic E-state index is 14.6. The van der Waals surface area contributed by atoms with Crippen molar-refractivity contribution < 1.29 is 50.3 Å². The molecule has 9 nitrogen and oxygen atoms in total. The summed E-state index contributed by atoms with van der Waals surface area (Å²) in [4.78, 5) is 62.4. The van der Waals surface area contributed by atoms with Gasteiger partial charge in [0.2, 0.25) is 11.8 Å². The molecule has 0 aromatic heterocycles. The number of ketones is 2. The molecule has 0 spiro atoms. The van der Waals surface area contributed by atoms with E-state index in [1.54, 1.807) is 11.4 Å². The number of nitrogens with one attached hydrogen (secondary N) is 1. The van der Waals surface area contributed by atoms with E-state index in [9.17, 15) is 50.3 Å². The van der Waals surface area contributed by atoms with Crippen LogP contribution in [0.25, 0.3) is 0 Å². The van der Waals surface area contributed by atoms with Crippen molar-refractivity contribution >= 4 is 40.7 Å². The Morgan fingerprint density at radius 1 is 0.614 bits per heavy atom. The number of rotatable bonds is 16. The van der Waals surface area contributed by atoms with E-state index in [0.29, 0.717) is 5.69 Å². The number of anilines is 2. The molecule has 0 saturated heterocycles. The van der Waals surface area contributed by atoms with Crippen molar-refractivity contribution in [3.05, 3.63) is 130 Å². The molecule has 4 aromatic rings. The molecule has 4 rings (SSSR count). The van der Waals surface area contributed by atoms with Gasteiger partial charge in [-0.3, -0.25) is 24.0 Å². The molecular formula is C42H44F6N4O5. The molecule has 0 unspecified atom stereocenters. The normalized spacial score (nSPS) is 10.9. The van der Waals surface area contributed by atoms with Crippen LogP contribution in [0.1, 0.15) is 72.4 Å². The fourth-order valence-electron chi connectivity index (χ4n) is 5.36. The van der Waals surface area contributed by atoms with Crippen molar-refractivity contribution in [3.63, 3.8) is 0 Å². The van der Waals surface area contributed by atoms with E-state index in [1.165, 1.54) is 76.5 Å². The Balaban J connectivity index is 0.000000310. The first-order valence-corrected chi connectivity index (χ1v) is 17.9. The van der Waals surface area contributed by atoms with Gasteiger partial charge in [-0.15, -0.1) is 0 Å². The SMILES string of the molecule is CC(C)CC(=O)N(Cc1ccc(C(=O)CN)cc1F)c1cccc(F)c1.CC(C)CC(=O)N(Cc1ccc(C(=O)CNC(=O)C(F)F)cc1F)c1cccc(F)c1. The van der Waals surface area contributed by atoms with Gasteiger partial charge in [0.25, 0.3) is 5.91 Å². The van der Waals surface area contributed by atoms with Gasteiger partial charge in [-0.25, -0.2) is 17.6 Å². The number of carbonyl (C=O) groups excluding carboxylic acids is 5. The molecule has 0 heterocycles. The molecule has 0 fully saturated rings. The first kappa shape index (κ1) is 45.6. The summed E-state index contributed by atoms with van der Waals surface area (Å²) in [6, 6.07) is 18.5. The first-order chi connectivity index (χ1) is 26.9. The molecule has 0 bridgehead atoms. The molecular weight excluding hydrogens is 754 g/mol. The summed E-state index contributed by atoms with van der Waals surface area (Å²) in [5.41, 5.74) is 6.28. The molecule has 0 atom stereocenters. The number of nitrogens with two attached hydrogens (primary N) is 1. The Hall–Kier alpha value is -5.83. The number of hydrogen-bond donors (Lipinski definition) is 2. The molecule has 0 aliphatic rings. The second kappa shape index (κ2) is 21.5. The number of benzene rings is 4. The Kier molecular flexibility index (Phi) is 17.2. The Morgan fingerprint density at radius 3 is 1.39 bits per heavy atom. The third-order valence-electron chi connectivity index (χ3n) is 8.22. The van der Waals surface area contributed by atoms with Crippen molar-refractivity contribution in [1.82, 2.24) is 5.32 Å². The highest BCUT2D eigenvalue weighted by atomic mass is 19.3.